The van der Waals surface area contributed by atoms with Crippen molar-refractivity contribution in [2.24, 2.45) is 10.7 Å². The van der Waals surface area contributed by atoms with Gasteiger partial charge < -0.3 is 5.73 Å². The summed E-state index contributed by atoms with van der Waals surface area (Å²) in [7, 11) is 0. The summed E-state index contributed by atoms with van der Waals surface area (Å²) in [6.07, 6.45) is 3.55. The summed E-state index contributed by atoms with van der Waals surface area (Å²) in [5, 5.41) is 0. The molecule has 25 heavy (non-hydrogen) atoms. The summed E-state index contributed by atoms with van der Waals surface area (Å²) in [5.74, 6) is -1.79. The number of allylic oxidation sites excluding steroid dienone is 2. The van der Waals surface area contributed by atoms with Crippen molar-refractivity contribution in [2.45, 2.75) is 33.6 Å². The molecule has 0 fully saturated rings. The fraction of sp³-hybridized carbons (Fsp3) is 0.238. The highest BCUT2D eigenvalue weighted by Gasteiger charge is 2.25. The lowest BCUT2D eigenvalue weighted by molar-refractivity contribution is 0.0996. The van der Waals surface area contributed by atoms with Crippen molar-refractivity contribution in [3.63, 3.8) is 0 Å². The predicted octanol–water partition coefficient (Wildman–Crippen LogP) is 4.67. The molecule has 1 amide bonds. The molecule has 0 aliphatic heterocycles. The number of rotatable bonds is 5. The Kier molecular flexibility index (Phi) is 5.86. The number of hydrogen-bond acceptors (Lipinski definition) is 2. The molecular formula is C21H23FN2O. The van der Waals surface area contributed by atoms with Crippen molar-refractivity contribution in [1.82, 2.24) is 0 Å². The van der Waals surface area contributed by atoms with E-state index in [4.69, 9.17) is 5.73 Å². The summed E-state index contributed by atoms with van der Waals surface area (Å²) < 4.78 is 15.0. The average molecular weight is 338 g/mol. The minimum atomic E-state index is -0.778. The molecule has 1 unspecified atom stereocenters. The highest BCUT2D eigenvalue weighted by molar-refractivity contribution is 5.93. The summed E-state index contributed by atoms with van der Waals surface area (Å²) in [5.41, 5.74) is 9.47. The van der Waals surface area contributed by atoms with Gasteiger partial charge in [-0.05, 0) is 50.5 Å². The smallest absolute Gasteiger partial charge is 0.251 e. The van der Waals surface area contributed by atoms with Crippen LogP contribution in [-0.2, 0) is 0 Å². The lowest BCUT2D eigenvalue weighted by atomic mass is 9.83. The van der Waals surface area contributed by atoms with E-state index in [0.29, 0.717) is 5.56 Å². The topological polar surface area (TPSA) is 55.4 Å². The van der Waals surface area contributed by atoms with Gasteiger partial charge in [0.15, 0.2) is 0 Å². The Balaban J connectivity index is 2.80. The maximum absolute atomic E-state index is 15.0. The van der Waals surface area contributed by atoms with Crippen molar-refractivity contribution in [3.8, 4) is 0 Å². The monoisotopic (exact) mass is 338 g/mol. The quantitative estimate of drug-likeness (QED) is 0.792. The Morgan fingerprint density at radius 1 is 1.12 bits per heavy atom. The van der Waals surface area contributed by atoms with Gasteiger partial charge in [0.2, 0.25) is 0 Å². The molecule has 2 N–H and O–H groups in total. The van der Waals surface area contributed by atoms with Gasteiger partial charge >= 0.3 is 0 Å². The molecule has 3 nitrogen and oxygen atoms in total. The first-order valence-corrected chi connectivity index (χ1v) is 8.21. The maximum atomic E-state index is 15.0. The molecule has 0 saturated carbocycles. The van der Waals surface area contributed by atoms with Crippen molar-refractivity contribution < 1.29 is 9.18 Å². The highest BCUT2D eigenvalue weighted by atomic mass is 19.1. The third-order valence-corrected chi connectivity index (χ3v) is 4.43. The largest absolute Gasteiger partial charge is 0.366 e. The number of carbonyl (C=O) groups excluding carboxylic acids is 1. The molecule has 0 saturated heterocycles. The molecule has 4 heteroatoms. The van der Waals surface area contributed by atoms with E-state index in [1.807, 2.05) is 52.0 Å². The van der Waals surface area contributed by atoms with Gasteiger partial charge in [0.25, 0.3) is 5.91 Å². The molecule has 0 aliphatic rings. The van der Waals surface area contributed by atoms with Crippen LogP contribution in [0.2, 0.25) is 0 Å². The Morgan fingerprint density at radius 3 is 2.36 bits per heavy atom. The van der Waals surface area contributed by atoms with Gasteiger partial charge in [-0.2, -0.15) is 0 Å². The zero-order chi connectivity index (χ0) is 18.6. The van der Waals surface area contributed by atoms with Crippen LogP contribution < -0.4 is 5.73 Å². The molecule has 0 bridgehead atoms. The Morgan fingerprint density at radius 2 is 1.76 bits per heavy atom. The standard InChI is InChI=1S/C21H23FN2O/c1-5-18(24-6-2)19(15-10-7-9-13(3)14(15)4)16-11-8-12-17(20(16)22)21(23)25/h5-12,19H,1-4H3,(H2,23,25)/b18-5-,24-6?. The minimum Gasteiger partial charge on any atom is -0.366 e. The zero-order valence-corrected chi connectivity index (χ0v) is 15.0. The van der Waals surface area contributed by atoms with Crippen LogP contribution >= 0.6 is 0 Å². The normalized spacial score (nSPS) is 13.2. The van der Waals surface area contributed by atoms with Gasteiger partial charge in [-0.3, -0.25) is 9.79 Å². The molecular weight excluding hydrogens is 315 g/mol. The Bertz CT molecular complexity index is 853. The number of halogens is 1. The van der Waals surface area contributed by atoms with Gasteiger partial charge in [-0.25, -0.2) is 4.39 Å². The lowest BCUT2D eigenvalue weighted by Crippen LogP contribution is -2.16. The first-order chi connectivity index (χ1) is 11.9. The summed E-state index contributed by atoms with van der Waals surface area (Å²) in [4.78, 5) is 16.0. The van der Waals surface area contributed by atoms with Crippen molar-refractivity contribution in [1.29, 1.82) is 0 Å². The highest BCUT2D eigenvalue weighted by Crippen LogP contribution is 2.37. The van der Waals surface area contributed by atoms with Crippen LogP contribution in [0.3, 0.4) is 0 Å². The van der Waals surface area contributed by atoms with E-state index in [0.717, 1.165) is 22.4 Å². The van der Waals surface area contributed by atoms with Crippen molar-refractivity contribution in [3.05, 3.63) is 81.8 Å². The number of aryl methyl sites for hydroxylation is 1. The first-order valence-electron chi connectivity index (χ1n) is 8.21. The van der Waals surface area contributed by atoms with E-state index in [1.165, 1.54) is 6.07 Å². The molecule has 0 aliphatic carbocycles. The van der Waals surface area contributed by atoms with Crippen LogP contribution in [0.15, 0.2) is 53.2 Å². The van der Waals surface area contributed by atoms with E-state index in [2.05, 4.69) is 4.99 Å². The molecule has 2 rings (SSSR count). The summed E-state index contributed by atoms with van der Waals surface area (Å²) in [6.45, 7) is 7.72. The van der Waals surface area contributed by atoms with Gasteiger partial charge in [0, 0.05) is 17.5 Å². The zero-order valence-electron chi connectivity index (χ0n) is 15.0. The number of nitrogens with two attached hydrogens (primary N) is 1. The first kappa shape index (κ1) is 18.6. The van der Waals surface area contributed by atoms with E-state index >= 15 is 4.39 Å². The number of primary amides is 1. The molecule has 0 spiro atoms. The van der Waals surface area contributed by atoms with Gasteiger partial charge in [-0.1, -0.05) is 36.4 Å². The SMILES string of the molecule is CC=N/C(=C\C)C(c1cccc(C)c1C)c1cccc(C(N)=O)c1F. The number of amides is 1. The second kappa shape index (κ2) is 7.88. The van der Waals surface area contributed by atoms with Crippen LogP contribution in [0.25, 0.3) is 0 Å². The molecule has 0 heterocycles. The van der Waals surface area contributed by atoms with Crippen LogP contribution in [-0.4, -0.2) is 12.1 Å². The Labute approximate surface area is 148 Å². The fourth-order valence-corrected chi connectivity index (χ4v) is 3.00. The molecule has 0 aromatic heterocycles. The van der Waals surface area contributed by atoms with Gasteiger partial charge in [-0.15, -0.1) is 0 Å². The van der Waals surface area contributed by atoms with E-state index in [1.54, 1.807) is 18.3 Å². The third kappa shape index (κ3) is 3.68. The van der Waals surface area contributed by atoms with Crippen LogP contribution in [0.1, 0.15) is 52.4 Å². The average Bonchev–Trinajstić information content (AvgIpc) is 2.58. The third-order valence-electron chi connectivity index (χ3n) is 4.43. The number of benzene rings is 2. The van der Waals surface area contributed by atoms with Crippen molar-refractivity contribution in [2.75, 3.05) is 0 Å². The number of hydrogen-bond donors (Lipinski definition) is 1. The molecule has 2 aromatic carbocycles. The maximum Gasteiger partial charge on any atom is 0.251 e. The molecule has 1 atom stereocenters. The molecule has 2 aromatic rings. The second-order valence-corrected chi connectivity index (χ2v) is 5.90. The molecule has 0 radical (unpaired) electrons. The van der Waals surface area contributed by atoms with E-state index < -0.39 is 17.6 Å². The summed E-state index contributed by atoms with van der Waals surface area (Å²) in [6, 6.07) is 10.7. The number of aliphatic imine (C=N–C) groups is 1. The Hall–Kier alpha value is -2.75. The lowest BCUT2D eigenvalue weighted by Gasteiger charge is -2.23. The van der Waals surface area contributed by atoms with Crippen LogP contribution in [0, 0.1) is 19.7 Å². The van der Waals surface area contributed by atoms with Gasteiger partial charge in [0.05, 0.1) is 11.5 Å². The second-order valence-electron chi connectivity index (χ2n) is 5.90. The van der Waals surface area contributed by atoms with Crippen molar-refractivity contribution >= 4 is 12.1 Å². The molecule has 130 valence electrons. The van der Waals surface area contributed by atoms with Gasteiger partial charge in [0.1, 0.15) is 5.82 Å². The number of carbonyl (C=O) groups is 1. The minimum absolute atomic E-state index is 0.108. The summed E-state index contributed by atoms with van der Waals surface area (Å²) >= 11 is 0. The van der Waals surface area contributed by atoms with Crippen LogP contribution in [0.5, 0.6) is 0 Å². The predicted molar refractivity (Wildman–Crippen MR) is 101 cm³/mol. The number of nitrogens with zero attached hydrogens (tertiary/aromatic N) is 1. The van der Waals surface area contributed by atoms with Crippen LogP contribution in [0.4, 0.5) is 4.39 Å². The van der Waals surface area contributed by atoms with E-state index in [9.17, 15) is 4.79 Å². The fourth-order valence-electron chi connectivity index (χ4n) is 3.00. The van der Waals surface area contributed by atoms with E-state index in [-0.39, 0.29) is 5.56 Å².